The van der Waals surface area contributed by atoms with Gasteiger partial charge in [-0.1, -0.05) is 43.1 Å². The van der Waals surface area contributed by atoms with Gasteiger partial charge >= 0.3 is 0 Å². The molecule has 5 rings (SSSR count). The number of ether oxygens (including phenoxy) is 2. The molecule has 136 valence electrons. The number of rotatable bonds is 2. The molecule has 2 bridgehead atoms. The van der Waals surface area contributed by atoms with E-state index >= 15 is 0 Å². The molecule has 0 aromatic heterocycles. The second kappa shape index (κ2) is 5.97. The summed E-state index contributed by atoms with van der Waals surface area (Å²) in [6, 6.07) is 0. The highest BCUT2D eigenvalue weighted by Gasteiger charge is 2.69. The Morgan fingerprint density at radius 1 is 1.17 bits per heavy atom. The van der Waals surface area contributed by atoms with Crippen LogP contribution in [0.15, 0.2) is 10.2 Å². The molecule has 5 fully saturated rings. The monoisotopic (exact) mass is 400 g/mol. The lowest BCUT2D eigenvalue weighted by Gasteiger charge is -2.59. The van der Waals surface area contributed by atoms with E-state index in [1.165, 1.54) is 10.9 Å². The van der Waals surface area contributed by atoms with Crippen LogP contribution in [0.4, 0.5) is 0 Å². The van der Waals surface area contributed by atoms with Crippen molar-refractivity contribution in [3.63, 3.8) is 0 Å². The average molecular weight is 401 g/mol. The standard InChI is InChI=1S/C19H29BrO4/c1-5-6-15(20)16-12(3)14-8-7-11(2)13-9-10-18(4)22-17(21-16)19(13,14)24-23-18/h11-14,17H,5-10H2,1-4H3/b16-15-/t11-,12-,13+,14+,17-,18?,19-/m1/s1. The van der Waals surface area contributed by atoms with Crippen molar-refractivity contribution in [3.05, 3.63) is 10.2 Å². The van der Waals surface area contributed by atoms with Crippen LogP contribution in [0, 0.1) is 23.7 Å². The summed E-state index contributed by atoms with van der Waals surface area (Å²) in [7, 11) is 0. The summed E-state index contributed by atoms with van der Waals surface area (Å²) in [5.74, 6) is 2.09. The lowest BCUT2D eigenvalue weighted by molar-refractivity contribution is -0.562. The van der Waals surface area contributed by atoms with Gasteiger partial charge in [0, 0.05) is 28.7 Å². The fourth-order valence-corrected chi connectivity index (χ4v) is 6.30. The van der Waals surface area contributed by atoms with Crippen LogP contribution in [0.1, 0.15) is 66.2 Å². The average Bonchev–Trinajstić information content (AvgIpc) is 2.77. The Bertz CT molecular complexity index is 549. The molecular weight excluding hydrogens is 372 g/mol. The Balaban J connectivity index is 1.79. The van der Waals surface area contributed by atoms with Crippen molar-refractivity contribution >= 4 is 15.9 Å². The predicted molar refractivity (Wildman–Crippen MR) is 93.9 cm³/mol. The summed E-state index contributed by atoms with van der Waals surface area (Å²) in [5.41, 5.74) is -0.462. The molecule has 1 saturated carbocycles. The Labute approximate surface area is 153 Å². The SMILES string of the molecule is CCC/C(Br)=C1/O[C@@H]2OC3(C)CC[C@H]4[C@H](C)CC[C@@H]([C@H]1C)[C@@]24OO3. The van der Waals surface area contributed by atoms with Gasteiger partial charge in [-0.3, -0.25) is 0 Å². The van der Waals surface area contributed by atoms with Crippen molar-refractivity contribution in [2.24, 2.45) is 23.7 Å². The number of hydrogen-bond acceptors (Lipinski definition) is 4. The van der Waals surface area contributed by atoms with Gasteiger partial charge in [-0.15, -0.1) is 0 Å². The Kier molecular flexibility index (Phi) is 4.31. The van der Waals surface area contributed by atoms with Crippen LogP contribution in [0.2, 0.25) is 0 Å². The van der Waals surface area contributed by atoms with E-state index in [4.69, 9.17) is 19.2 Å². The first kappa shape index (κ1) is 17.3. The lowest BCUT2D eigenvalue weighted by Crippen LogP contribution is -2.68. The number of allylic oxidation sites excluding steroid dienone is 2. The van der Waals surface area contributed by atoms with Gasteiger partial charge in [0.25, 0.3) is 0 Å². The summed E-state index contributed by atoms with van der Waals surface area (Å²) in [4.78, 5) is 12.0. The Hall–Kier alpha value is -0.100. The fourth-order valence-electron chi connectivity index (χ4n) is 5.44. The molecule has 4 nitrogen and oxygen atoms in total. The molecule has 4 aliphatic heterocycles. The lowest BCUT2D eigenvalue weighted by atomic mass is 9.58. The van der Waals surface area contributed by atoms with Crippen LogP contribution >= 0.6 is 15.9 Å². The molecule has 1 spiro atoms. The van der Waals surface area contributed by atoms with E-state index in [-0.39, 0.29) is 6.29 Å². The van der Waals surface area contributed by atoms with E-state index in [0.29, 0.717) is 23.7 Å². The normalized spacial score (nSPS) is 52.3. The van der Waals surface area contributed by atoms with E-state index < -0.39 is 11.4 Å². The van der Waals surface area contributed by atoms with Gasteiger partial charge in [-0.25, -0.2) is 9.78 Å². The minimum atomic E-state index is -0.694. The predicted octanol–water partition coefficient (Wildman–Crippen LogP) is 5.27. The van der Waals surface area contributed by atoms with E-state index in [2.05, 4.69) is 36.7 Å². The zero-order valence-electron chi connectivity index (χ0n) is 15.1. The first-order valence-corrected chi connectivity index (χ1v) is 10.3. The van der Waals surface area contributed by atoms with Crippen molar-refractivity contribution in [1.29, 1.82) is 0 Å². The third kappa shape index (κ3) is 2.34. The maximum absolute atomic E-state index is 6.48. The van der Waals surface area contributed by atoms with Gasteiger partial charge in [-0.2, -0.15) is 0 Å². The van der Waals surface area contributed by atoms with E-state index in [1.807, 2.05) is 6.92 Å². The van der Waals surface area contributed by atoms with Crippen molar-refractivity contribution < 1.29 is 19.2 Å². The molecule has 0 N–H and O–H groups in total. The topological polar surface area (TPSA) is 36.9 Å². The highest BCUT2D eigenvalue weighted by molar-refractivity contribution is 9.11. The molecule has 1 aliphatic carbocycles. The van der Waals surface area contributed by atoms with Crippen LogP contribution in [-0.2, 0) is 19.2 Å². The Morgan fingerprint density at radius 3 is 2.71 bits per heavy atom. The van der Waals surface area contributed by atoms with Gasteiger partial charge in [0.05, 0.1) is 0 Å². The van der Waals surface area contributed by atoms with Crippen molar-refractivity contribution in [2.75, 3.05) is 0 Å². The van der Waals surface area contributed by atoms with Crippen LogP contribution in [-0.4, -0.2) is 17.7 Å². The molecule has 5 aliphatic rings. The van der Waals surface area contributed by atoms with Gasteiger partial charge in [0.1, 0.15) is 5.76 Å². The summed E-state index contributed by atoms with van der Waals surface area (Å²) in [5, 5.41) is 0. The maximum Gasteiger partial charge on any atom is 0.235 e. The first-order chi connectivity index (χ1) is 11.4. The van der Waals surface area contributed by atoms with Crippen molar-refractivity contribution in [3.8, 4) is 0 Å². The molecule has 4 saturated heterocycles. The fraction of sp³-hybridized carbons (Fsp3) is 0.895. The number of fused-ring (bicyclic) bond motifs is 2. The minimum Gasteiger partial charge on any atom is -0.465 e. The zero-order chi connectivity index (χ0) is 17.1. The van der Waals surface area contributed by atoms with E-state index in [0.717, 1.165) is 37.9 Å². The molecule has 5 heteroatoms. The molecular formula is C19H29BrO4. The van der Waals surface area contributed by atoms with Gasteiger partial charge in [0.2, 0.25) is 12.1 Å². The highest BCUT2D eigenvalue weighted by Crippen LogP contribution is 2.61. The molecule has 1 unspecified atom stereocenters. The Morgan fingerprint density at radius 2 is 1.96 bits per heavy atom. The molecule has 24 heavy (non-hydrogen) atoms. The van der Waals surface area contributed by atoms with Gasteiger partial charge < -0.3 is 9.47 Å². The van der Waals surface area contributed by atoms with Crippen LogP contribution in [0.25, 0.3) is 0 Å². The summed E-state index contributed by atoms with van der Waals surface area (Å²) in [6.07, 6.45) is 6.05. The summed E-state index contributed by atoms with van der Waals surface area (Å²) >= 11 is 3.77. The molecule has 0 amide bonds. The van der Waals surface area contributed by atoms with Crippen molar-refractivity contribution in [1.82, 2.24) is 0 Å². The molecule has 0 aromatic rings. The molecule has 0 aromatic carbocycles. The maximum atomic E-state index is 6.48. The van der Waals surface area contributed by atoms with Crippen LogP contribution < -0.4 is 0 Å². The van der Waals surface area contributed by atoms with Crippen LogP contribution in [0.5, 0.6) is 0 Å². The van der Waals surface area contributed by atoms with Gasteiger partial charge in [-0.05, 0) is 38.5 Å². The number of hydrogen-bond donors (Lipinski definition) is 0. The van der Waals surface area contributed by atoms with Crippen molar-refractivity contribution in [2.45, 2.75) is 83.9 Å². The second-order valence-electron chi connectivity index (χ2n) is 8.34. The third-order valence-corrected chi connectivity index (χ3v) is 7.55. The van der Waals surface area contributed by atoms with Gasteiger partial charge in [0.15, 0.2) is 5.60 Å². The summed E-state index contributed by atoms with van der Waals surface area (Å²) in [6.45, 7) is 8.79. The van der Waals surface area contributed by atoms with E-state index in [9.17, 15) is 0 Å². The summed E-state index contributed by atoms with van der Waals surface area (Å²) < 4.78 is 14.0. The quantitative estimate of drug-likeness (QED) is 0.591. The second-order valence-corrected chi connectivity index (χ2v) is 9.29. The molecule has 4 heterocycles. The van der Waals surface area contributed by atoms with Crippen LogP contribution in [0.3, 0.4) is 0 Å². The largest absolute Gasteiger partial charge is 0.465 e. The molecule has 0 radical (unpaired) electrons. The molecule has 7 atom stereocenters. The third-order valence-electron chi connectivity index (χ3n) is 6.76. The highest BCUT2D eigenvalue weighted by atomic mass is 79.9. The van der Waals surface area contributed by atoms with E-state index in [1.54, 1.807) is 0 Å². The first-order valence-electron chi connectivity index (χ1n) is 9.51. The minimum absolute atomic E-state index is 0.312. The smallest absolute Gasteiger partial charge is 0.235 e. The zero-order valence-corrected chi connectivity index (χ0v) is 16.7. The number of halogens is 1.